The highest BCUT2D eigenvalue weighted by atomic mass is 15.2. The van der Waals surface area contributed by atoms with E-state index >= 15 is 0 Å². The molecule has 1 unspecified atom stereocenters. The van der Waals surface area contributed by atoms with Crippen LogP contribution in [-0.2, 0) is 0 Å². The molecule has 1 aromatic rings. The summed E-state index contributed by atoms with van der Waals surface area (Å²) in [7, 11) is 0. The van der Waals surface area contributed by atoms with Crippen molar-refractivity contribution in [3.05, 3.63) is 23.9 Å². The molecule has 0 fully saturated rings. The second-order valence-electron chi connectivity index (χ2n) is 5.45. The first-order valence-corrected chi connectivity index (χ1v) is 8.10. The normalized spacial score (nSPS) is 12.7. The first kappa shape index (κ1) is 17.0. The number of hydrogen-bond acceptors (Lipinski definition) is 3. The first-order valence-electron chi connectivity index (χ1n) is 8.10. The van der Waals surface area contributed by atoms with Crippen LogP contribution in [0.1, 0.15) is 59.1 Å². The molecule has 1 atom stereocenters. The van der Waals surface area contributed by atoms with Crippen molar-refractivity contribution in [1.29, 1.82) is 0 Å². The Balaban J connectivity index is 2.74. The van der Waals surface area contributed by atoms with E-state index < -0.39 is 0 Å². The van der Waals surface area contributed by atoms with E-state index in [1.54, 1.807) is 0 Å². The van der Waals surface area contributed by atoms with Gasteiger partial charge in [-0.25, -0.2) is 4.98 Å². The van der Waals surface area contributed by atoms with E-state index in [4.69, 9.17) is 0 Å². The molecule has 0 radical (unpaired) electrons. The van der Waals surface area contributed by atoms with Crippen molar-refractivity contribution in [2.45, 2.75) is 53.5 Å². The van der Waals surface area contributed by atoms with Gasteiger partial charge in [0.2, 0.25) is 0 Å². The number of hydrogen-bond donors (Lipinski definition) is 1. The standard InChI is InChI=1S/C17H31N3/c1-6-15(7-2)13-20(9-4)17-11-10-16(12-19-17)14(5)18-8-3/h10-12,14-15,18H,6-9,13H2,1-5H3. The molecule has 1 heterocycles. The summed E-state index contributed by atoms with van der Waals surface area (Å²) in [5.74, 6) is 1.86. The predicted octanol–water partition coefficient (Wildman–Crippen LogP) is 4.01. The number of nitrogens with zero attached hydrogens (tertiary/aromatic N) is 2. The van der Waals surface area contributed by atoms with Gasteiger partial charge in [0.25, 0.3) is 0 Å². The molecule has 0 saturated carbocycles. The Morgan fingerprint density at radius 2 is 1.85 bits per heavy atom. The molecule has 0 aliphatic rings. The molecule has 0 bridgehead atoms. The van der Waals surface area contributed by atoms with E-state index in [1.807, 2.05) is 6.20 Å². The van der Waals surface area contributed by atoms with Crippen molar-refractivity contribution in [3.63, 3.8) is 0 Å². The van der Waals surface area contributed by atoms with E-state index in [0.29, 0.717) is 6.04 Å². The molecule has 114 valence electrons. The Labute approximate surface area is 124 Å². The minimum atomic E-state index is 0.371. The van der Waals surface area contributed by atoms with Crippen LogP contribution >= 0.6 is 0 Å². The molecule has 1 rings (SSSR count). The fourth-order valence-corrected chi connectivity index (χ4v) is 2.51. The van der Waals surface area contributed by atoms with Crippen molar-refractivity contribution in [3.8, 4) is 0 Å². The predicted molar refractivity (Wildman–Crippen MR) is 88.3 cm³/mol. The van der Waals surface area contributed by atoms with E-state index in [2.05, 4.69) is 62.0 Å². The number of rotatable bonds is 9. The summed E-state index contributed by atoms with van der Waals surface area (Å²) in [6.07, 6.45) is 4.49. The first-order chi connectivity index (χ1) is 9.65. The molecule has 3 nitrogen and oxygen atoms in total. The summed E-state index contributed by atoms with van der Waals surface area (Å²) in [6.45, 7) is 14.2. The molecule has 0 saturated heterocycles. The van der Waals surface area contributed by atoms with Gasteiger partial charge in [-0.15, -0.1) is 0 Å². The van der Waals surface area contributed by atoms with Gasteiger partial charge in [-0.2, -0.15) is 0 Å². The minimum Gasteiger partial charge on any atom is -0.357 e. The summed E-state index contributed by atoms with van der Waals surface area (Å²) in [6, 6.07) is 4.73. The lowest BCUT2D eigenvalue weighted by atomic mass is 10.0. The van der Waals surface area contributed by atoms with Crippen LogP contribution < -0.4 is 10.2 Å². The number of nitrogens with one attached hydrogen (secondary N) is 1. The lowest BCUT2D eigenvalue weighted by Crippen LogP contribution is -2.29. The van der Waals surface area contributed by atoms with Gasteiger partial charge in [0.15, 0.2) is 0 Å². The van der Waals surface area contributed by atoms with Crippen LogP contribution in [0.5, 0.6) is 0 Å². The molecule has 0 spiro atoms. The molecule has 0 amide bonds. The Morgan fingerprint density at radius 3 is 2.30 bits per heavy atom. The van der Waals surface area contributed by atoms with Crippen molar-refractivity contribution < 1.29 is 0 Å². The van der Waals surface area contributed by atoms with Gasteiger partial charge in [-0.3, -0.25) is 0 Å². The zero-order valence-electron chi connectivity index (χ0n) is 13.8. The smallest absolute Gasteiger partial charge is 0.128 e. The van der Waals surface area contributed by atoms with Crippen molar-refractivity contribution >= 4 is 5.82 Å². The van der Waals surface area contributed by atoms with E-state index in [-0.39, 0.29) is 0 Å². The maximum atomic E-state index is 4.66. The highest BCUT2D eigenvalue weighted by Crippen LogP contribution is 2.18. The van der Waals surface area contributed by atoms with Crippen LogP contribution in [0, 0.1) is 5.92 Å². The van der Waals surface area contributed by atoms with Crippen molar-refractivity contribution in [1.82, 2.24) is 10.3 Å². The third-order valence-corrected chi connectivity index (χ3v) is 4.12. The van der Waals surface area contributed by atoms with E-state index in [9.17, 15) is 0 Å². The summed E-state index contributed by atoms with van der Waals surface area (Å²) < 4.78 is 0. The Kier molecular flexibility index (Phi) is 7.60. The monoisotopic (exact) mass is 277 g/mol. The quantitative estimate of drug-likeness (QED) is 0.739. The van der Waals surface area contributed by atoms with E-state index in [0.717, 1.165) is 31.4 Å². The lowest BCUT2D eigenvalue weighted by molar-refractivity contribution is 0.484. The van der Waals surface area contributed by atoms with E-state index in [1.165, 1.54) is 18.4 Å². The average Bonchev–Trinajstić information content (AvgIpc) is 2.49. The lowest BCUT2D eigenvalue weighted by Gasteiger charge is -2.26. The number of aromatic nitrogens is 1. The molecule has 1 N–H and O–H groups in total. The highest BCUT2D eigenvalue weighted by Gasteiger charge is 2.12. The topological polar surface area (TPSA) is 28.2 Å². The second kappa shape index (κ2) is 8.96. The Hall–Kier alpha value is -1.09. The molecule has 0 aliphatic heterocycles. The molecule has 20 heavy (non-hydrogen) atoms. The van der Waals surface area contributed by atoms with Gasteiger partial charge in [0.05, 0.1) is 0 Å². The van der Waals surface area contributed by atoms with Crippen LogP contribution in [0.25, 0.3) is 0 Å². The molecule has 1 aromatic heterocycles. The van der Waals surface area contributed by atoms with Crippen LogP contribution in [0.2, 0.25) is 0 Å². The fraction of sp³-hybridized carbons (Fsp3) is 0.706. The maximum absolute atomic E-state index is 4.66. The third kappa shape index (κ3) is 4.78. The zero-order valence-corrected chi connectivity index (χ0v) is 13.8. The Bertz CT molecular complexity index is 357. The van der Waals surface area contributed by atoms with Crippen LogP contribution in [-0.4, -0.2) is 24.6 Å². The van der Waals surface area contributed by atoms with Gasteiger partial charge in [0, 0.05) is 25.3 Å². The van der Waals surface area contributed by atoms with Gasteiger partial charge in [-0.1, -0.05) is 39.7 Å². The molecule has 3 heteroatoms. The molecule has 0 aromatic carbocycles. The van der Waals surface area contributed by atoms with Crippen LogP contribution in [0.4, 0.5) is 5.82 Å². The minimum absolute atomic E-state index is 0.371. The SMILES string of the molecule is CCNC(C)c1ccc(N(CC)CC(CC)CC)nc1. The Morgan fingerprint density at radius 1 is 1.15 bits per heavy atom. The molecule has 0 aliphatic carbocycles. The maximum Gasteiger partial charge on any atom is 0.128 e. The summed E-state index contributed by atoms with van der Waals surface area (Å²) in [4.78, 5) is 7.05. The summed E-state index contributed by atoms with van der Waals surface area (Å²) >= 11 is 0. The molecular formula is C17H31N3. The van der Waals surface area contributed by atoms with Crippen LogP contribution in [0.15, 0.2) is 18.3 Å². The van der Waals surface area contributed by atoms with Crippen molar-refractivity contribution in [2.24, 2.45) is 5.92 Å². The van der Waals surface area contributed by atoms with Gasteiger partial charge < -0.3 is 10.2 Å². The summed E-state index contributed by atoms with van der Waals surface area (Å²) in [5.41, 5.74) is 1.26. The number of anilines is 1. The zero-order chi connectivity index (χ0) is 15.0. The third-order valence-electron chi connectivity index (χ3n) is 4.12. The van der Waals surface area contributed by atoms with Crippen molar-refractivity contribution in [2.75, 3.05) is 24.5 Å². The fourth-order valence-electron chi connectivity index (χ4n) is 2.51. The largest absolute Gasteiger partial charge is 0.357 e. The van der Waals surface area contributed by atoms with Crippen LogP contribution in [0.3, 0.4) is 0 Å². The summed E-state index contributed by atoms with van der Waals surface area (Å²) in [5, 5.41) is 3.42. The van der Waals surface area contributed by atoms with Gasteiger partial charge in [0.1, 0.15) is 5.82 Å². The number of pyridine rings is 1. The van der Waals surface area contributed by atoms with Gasteiger partial charge in [-0.05, 0) is 37.9 Å². The molecular weight excluding hydrogens is 246 g/mol. The highest BCUT2D eigenvalue weighted by molar-refractivity contribution is 5.39. The van der Waals surface area contributed by atoms with Gasteiger partial charge >= 0.3 is 0 Å². The second-order valence-corrected chi connectivity index (χ2v) is 5.45. The average molecular weight is 277 g/mol.